The molecule has 0 bridgehead atoms. The van der Waals surface area contributed by atoms with Crippen LogP contribution in [0.25, 0.3) is 6.08 Å². The van der Waals surface area contributed by atoms with Crippen molar-refractivity contribution in [2.75, 3.05) is 0 Å². The summed E-state index contributed by atoms with van der Waals surface area (Å²) in [5.41, 5.74) is 1.47. The minimum absolute atomic E-state index is 0.164. The van der Waals surface area contributed by atoms with Crippen LogP contribution in [0.3, 0.4) is 0 Å². The third-order valence-electron chi connectivity index (χ3n) is 2.59. The number of carbonyl (C=O) groups is 2. The third-order valence-corrected chi connectivity index (χ3v) is 2.59. The molecule has 2 rings (SSSR count). The smallest absolute Gasteiger partial charge is 0.337 e. The largest absolute Gasteiger partial charge is 0.480 e. The van der Waals surface area contributed by atoms with Crippen LogP contribution in [-0.4, -0.2) is 26.7 Å². The monoisotopic (exact) mass is 233 g/mol. The quantitative estimate of drug-likeness (QED) is 0.826. The Morgan fingerprint density at radius 1 is 1.29 bits per heavy atom. The number of carboxylic acid groups (broad SMARTS) is 2. The summed E-state index contributed by atoms with van der Waals surface area (Å²) < 4.78 is 1.45. The molecule has 1 heterocycles. The van der Waals surface area contributed by atoms with Crippen LogP contribution in [0.5, 0.6) is 0 Å². The summed E-state index contributed by atoms with van der Waals surface area (Å²) in [5, 5.41) is 17.8. The first-order valence-electron chi connectivity index (χ1n) is 5.10. The van der Waals surface area contributed by atoms with Gasteiger partial charge in [0.05, 0.1) is 5.56 Å². The van der Waals surface area contributed by atoms with E-state index < -0.39 is 11.9 Å². The van der Waals surface area contributed by atoms with Gasteiger partial charge in [0, 0.05) is 11.9 Å². The predicted octanol–water partition coefficient (Wildman–Crippen LogP) is 1.40. The molecular weight excluding hydrogens is 222 g/mol. The Labute approximate surface area is 97.3 Å². The topological polar surface area (TPSA) is 79.5 Å². The van der Waals surface area contributed by atoms with Gasteiger partial charge in [-0.3, -0.25) is 4.79 Å². The Kier molecular flexibility index (Phi) is 2.82. The minimum Gasteiger partial charge on any atom is -0.480 e. The van der Waals surface area contributed by atoms with Gasteiger partial charge in [-0.05, 0) is 18.1 Å². The van der Waals surface area contributed by atoms with Crippen molar-refractivity contribution in [3.8, 4) is 0 Å². The second-order valence-electron chi connectivity index (χ2n) is 3.72. The molecule has 5 nitrogen and oxygen atoms in total. The van der Waals surface area contributed by atoms with Gasteiger partial charge in [-0.1, -0.05) is 18.2 Å². The highest BCUT2D eigenvalue weighted by Gasteiger charge is 2.19. The van der Waals surface area contributed by atoms with Crippen molar-refractivity contribution >= 4 is 18.0 Å². The minimum atomic E-state index is -1.03. The molecule has 0 amide bonds. The molecule has 0 saturated carbocycles. The number of aliphatic carboxylic acids is 1. The van der Waals surface area contributed by atoms with Crippen LogP contribution in [0.2, 0.25) is 0 Å². The van der Waals surface area contributed by atoms with E-state index in [0.29, 0.717) is 17.7 Å². The Morgan fingerprint density at radius 3 is 2.71 bits per heavy atom. The number of hydrogen-bond donors (Lipinski definition) is 2. The van der Waals surface area contributed by atoms with E-state index in [4.69, 9.17) is 10.2 Å². The van der Waals surface area contributed by atoms with Crippen LogP contribution in [-0.2, 0) is 17.8 Å². The standard InChI is InChI=1S/C12H11NO4/c14-11(15)7-13-6-9(12(16)17)8-4-2-1-3-5-10(8)13/h1-3,5-6H,4,7H2,(H,14,15)(H,16,17). The molecular formula is C12H11NO4. The lowest BCUT2D eigenvalue weighted by Crippen LogP contribution is -2.09. The van der Waals surface area contributed by atoms with Crippen molar-refractivity contribution in [2.45, 2.75) is 13.0 Å². The van der Waals surface area contributed by atoms with Gasteiger partial charge in [-0.2, -0.15) is 0 Å². The number of carboxylic acids is 2. The molecule has 2 N–H and O–H groups in total. The Bertz CT molecular complexity index is 537. The highest BCUT2D eigenvalue weighted by atomic mass is 16.4. The summed E-state index contributed by atoms with van der Waals surface area (Å²) in [6, 6.07) is 0. The van der Waals surface area contributed by atoms with Gasteiger partial charge in [0.1, 0.15) is 6.54 Å². The van der Waals surface area contributed by atoms with Gasteiger partial charge in [-0.15, -0.1) is 0 Å². The maximum atomic E-state index is 11.1. The number of nitrogens with zero attached hydrogens (tertiary/aromatic N) is 1. The van der Waals surface area contributed by atoms with Crippen LogP contribution in [0, 0.1) is 0 Å². The summed E-state index contributed by atoms with van der Waals surface area (Å²) in [5.74, 6) is -2.03. The predicted molar refractivity (Wildman–Crippen MR) is 60.9 cm³/mol. The molecule has 5 heteroatoms. The molecule has 17 heavy (non-hydrogen) atoms. The lowest BCUT2D eigenvalue weighted by Gasteiger charge is -2.03. The van der Waals surface area contributed by atoms with Crippen LogP contribution in [0.15, 0.2) is 24.4 Å². The zero-order chi connectivity index (χ0) is 12.4. The van der Waals surface area contributed by atoms with Gasteiger partial charge in [0.2, 0.25) is 0 Å². The van der Waals surface area contributed by atoms with E-state index in [0.717, 1.165) is 0 Å². The highest BCUT2D eigenvalue weighted by Crippen LogP contribution is 2.22. The second-order valence-corrected chi connectivity index (χ2v) is 3.72. The Hall–Kier alpha value is -2.30. The van der Waals surface area contributed by atoms with Crippen molar-refractivity contribution in [1.29, 1.82) is 0 Å². The van der Waals surface area contributed by atoms with Gasteiger partial charge in [0.15, 0.2) is 0 Å². The lowest BCUT2D eigenvalue weighted by atomic mass is 10.1. The lowest BCUT2D eigenvalue weighted by molar-refractivity contribution is -0.137. The summed E-state index contributed by atoms with van der Waals surface area (Å²) >= 11 is 0. The van der Waals surface area contributed by atoms with E-state index in [-0.39, 0.29) is 12.1 Å². The van der Waals surface area contributed by atoms with E-state index in [1.807, 2.05) is 12.2 Å². The zero-order valence-corrected chi connectivity index (χ0v) is 8.96. The van der Waals surface area contributed by atoms with Crippen molar-refractivity contribution in [2.24, 2.45) is 0 Å². The number of allylic oxidation sites excluding steroid dienone is 3. The molecule has 1 aromatic heterocycles. The first-order chi connectivity index (χ1) is 8.09. The van der Waals surface area contributed by atoms with E-state index in [1.165, 1.54) is 10.8 Å². The molecule has 0 radical (unpaired) electrons. The summed E-state index contributed by atoms with van der Waals surface area (Å²) in [6.07, 6.45) is 9.04. The number of aromatic nitrogens is 1. The Morgan fingerprint density at radius 2 is 2.06 bits per heavy atom. The molecule has 1 aromatic rings. The van der Waals surface area contributed by atoms with Gasteiger partial charge in [-0.25, -0.2) is 4.79 Å². The summed E-state index contributed by atoms with van der Waals surface area (Å²) in [6.45, 7) is -0.236. The van der Waals surface area contributed by atoms with Crippen LogP contribution in [0.4, 0.5) is 0 Å². The van der Waals surface area contributed by atoms with E-state index in [9.17, 15) is 9.59 Å². The fourth-order valence-corrected chi connectivity index (χ4v) is 1.90. The van der Waals surface area contributed by atoms with Crippen molar-refractivity contribution in [3.63, 3.8) is 0 Å². The molecule has 0 aliphatic heterocycles. The number of aromatic carboxylic acids is 1. The molecule has 0 atom stereocenters. The summed E-state index contributed by atoms with van der Waals surface area (Å²) in [4.78, 5) is 21.8. The second kappa shape index (κ2) is 4.29. The fraction of sp³-hybridized carbons (Fsp3) is 0.167. The molecule has 1 aliphatic rings. The fourth-order valence-electron chi connectivity index (χ4n) is 1.90. The zero-order valence-electron chi connectivity index (χ0n) is 8.96. The normalized spacial score (nSPS) is 13.2. The Balaban J connectivity index is 2.55. The maximum Gasteiger partial charge on any atom is 0.337 e. The molecule has 88 valence electrons. The van der Waals surface area contributed by atoms with E-state index >= 15 is 0 Å². The first-order valence-corrected chi connectivity index (χ1v) is 5.10. The number of hydrogen-bond acceptors (Lipinski definition) is 2. The average Bonchev–Trinajstić information content (AvgIpc) is 2.46. The molecule has 0 saturated heterocycles. The van der Waals surface area contributed by atoms with Gasteiger partial charge >= 0.3 is 11.9 Å². The van der Waals surface area contributed by atoms with Gasteiger partial charge in [0.25, 0.3) is 0 Å². The highest BCUT2D eigenvalue weighted by molar-refractivity contribution is 5.91. The average molecular weight is 233 g/mol. The van der Waals surface area contributed by atoms with Crippen molar-refractivity contribution < 1.29 is 19.8 Å². The number of rotatable bonds is 3. The molecule has 0 aromatic carbocycles. The van der Waals surface area contributed by atoms with Crippen LogP contribution >= 0.6 is 0 Å². The third kappa shape index (κ3) is 2.13. The SMILES string of the molecule is O=C(O)Cn1cc(C(=O)O)c2c1C=CC=CC2. The van der Waals surface area contributed by atoms with Gasteiger partial charge < -0.3 is 14.8 Å². The van der Waals surface area contributed by atoms with Crippen molar-refractivity contribution in [1.82, 2.24) is 4.57 Å². The van der Waals surface area contributed by atoms with Crippen molar-refractivity contribution in [3.05, 3.63) is 41.2 Å². The number of fused-ring (bicyclic) bond motifs is 1. The molecule has 0 fully saturated rings. The first kappa shape index (κ1) is 11.2. The van der Waals surface area contributed by atoms with Crippen LogP contribution in [0.1, 0.15) is 21.6 Å². The van der Waals surface area contributed by atoms with Crippen LogP contribution < -0.4 is 0 Å². The molecule has 0 unspecified atom stereocenters. The maximum absolute atomic E-state index is 11.1. The molecule has 1 aliphatic carbocycles. The van der Waals surface area contributed by atoms with E-state index in [1.54, 1.807) is 12.2 Å². The molecule has 0 spiro atoms. The summed E-state index contributed by atoms with van der Waals surface area (Å²) in [7, 11) is 0. The van der Waals surface area contributed by atoms with E-state index in [2.05, 4.69) is 0 Å².